The SMILES string of the molecule is Cc1ccnc(SCc2ccc(Br)cc2)n1. The molecule has 0 bridgehead atoms. The van der Waals surface area contributed by atoms with E-state index in [9.17, 15) is 0 Å². The van der Waals surface area contributed by atoms with Crippen molar-refractivity contribution in [3.63, 3.8) is 0 Å². The molecule has 0 unspecified atom stereocenters. The van der Waals surface area contributed by atoms with Crippen molar-refractivity contribution in [2.24, 2.45) is 0 Å². The largest absolute Gasteiger partial charge is 0.231 e. The lowest BCUT2D eigenvalue weighted by atomic mass is 10.2. The first kappa shape index (κ1) is 11.6. The van der Waals surface area contributed by atoms with Crippen LogP contribution in [0.2, 0.25) is 0 Å². The second-order valence-electron chi connectivity index (χ2n) is 3.40. The molecule has 16 heavy (non-hydrogen) atoms. The van der Waals surface area contributed by atoms with E-state index in [-0.39, 0.29) is 0 Å². The van der Waals surface area contributed by atoms with Gasteiger partial charge in [-0.25, -0.2) is 9.97 Å². The predicted octanol–water partition coefficient (Wildman–Crippen LogP) is 3.84. The maximum absolute atomic E-state index is 4.35. The number of nitrogens with zero attached hydrogens (tertiary/aromatic N) is 2. The average Bonchev–Trinajstić information content (AvgIpc) is 2.28. The summed E-state index contributed by atoms with van der Waals surface area (Å²) in [4.78, 5) is 8.56. The van der Waals surface area contributed by atoms with Crippen LogP contribution in [0.15, 0.2) is 46.2 Å². The minimum absolute atomic E-state index is 0.836. The number of benzene rings is 1. The number of hydrogen-bond acceptors (Lipinski definition) is 3. The number of thioether (sulfide) groups is 1. The van der Waals surface area contributed by atoms with Crippen molar-refractivity contribution in [1.82, 2.24) is 9.97 Å². The van der Waals surface area contributed by atoms with Gasteiger partial charge in [-0.1, -0.05) is 39.8 Å². The first-order valence-electron chi connectivity index (χ1n) is 4.91. The molecule has 0 N–H and O–H groups in total. The molecule has 0 spiro atoms. The van der Waals surface area contributed by atoms with Crippen LogP contribution in [0.3, 0.4) is 0 Å². The monoisotopic (exact) mass is 294 g/mol. The van der Waals surface area contributed by atoms with E-state index in [1.165, 1.54) is 5.56 Å². The standard InChI is InChI=1S/C12H11BrN2S/c1-9-6-7-14-12(15-9)16-8-10-2-4-11(13)5-3-10/h2-7H,8H2,1H3. The van der Waals surface area contributed by atoms with Gasteiger partial charge in [-0.05, 0) is 30.7 Å². The summed E-state index contributed by atoms with van der Waals surface area (Å²) in [7, 11) is 0. The highest BCUT2D eigenvalue weighted by molar-refractivity contribution is 9.10. The van der Waals surface area contributed by atoms with Crippen molar-refractivity contribution >= 4 is 27.7 Å². The lowest BCUT2D eigenvalue weighted by Crippen LogP contribution is -1.89. The Balaban J connectivity index is 1.99. The second kappa shape index (κ2) is 5.46. The topological polar surface area (TPSA) is 25.8 Å². The van der Waals surface area contributed by atoms with Crippen molar-refractivity contribution in [2.45, 2.75) is 17.8 Å². The molecule has 0 saturated heterocycles. The molecule has 2 nitrogen and oxygen atoms in total. The van der Waals surface area contributed by atoms with E-state index in [0.29, 0.717) is 0 Å². The Labute approximate surface area is 108 Å². The van der Waals surface area contributed by atoms with Crippen LogP contribution in [-0.2, 0) is 5.75 Å². The first-order valence-corrected chi connectivity index (χ1v) is 6.69. The summed E-state index contributed by atoms with van der Waals surface area (Å²) < 4.78 is 1.10. The Hall–Kier alpha value is -0.870. The normalized spacial score (nSPS) is 10.4. The summed E-state index contributed by atoms with van der Waals surface area (Å²) in [5.74, 6) is 0.900. The summed E-state index contributed by atoms with van der Waals surface area (Å²) in [5, 5.41) is 0.836. The summed E-state index contributed by atoms with van der Waals surface area (Å²) in [6.07, 6.45) is 1.80. The Morgan fingerprint density at radius 2 is 1.94 bits per heavy atom. The summed E-state index contributed by atoms with van der Waals surface area (Å²) >= 11 is 5.08. The summed E-state index contributed by atoms with van der Waals surface area (Å²) in [5.41, 5.74) is 2.28. The van der Waals surface area contributed by atoms with Gasteiger partial charge in [0, 0.05) is 22.1 Å². The average molecular weight is 295 g/mol. The molecule has 0 fully saturated rings. The highest BCUT2D eigenvalue weighted by atomic mass is 79.9. The van der Waals surface area contributed by atoms with Gasteiger partial charge < -0.3 is 0 Å². The molecule has 4 heteroatoms. The van der Waals surface area contributed by atoms with E-state index >= 15 is 0 Å². The molecule has 1 heterocycles. The van der Waals surface area contributed by atoms with Gasteiger partial charge >= 0.3 is 0 Å². The van der Waals surface area contributed by atoms with E-state index in [1.807, 2.05) is 25.1 Å². The van der Waals surface area contributed by atoms with Gasteiger partial charge in [0.05, 0.1) is 0 Å². The van der Waals surface area contributed by atoms with Crippen LogP contribution in [0.1, 0.15) is 11.3 Å². The zero-order valence-electron chi connectivity index (χ0n) is 8.85. The molecule has 0 radical (unpaired) electrons. The van der Waals surface area contributed by atoms with Crippen LogP contribution in [-0.4, -0.2) is 9.97 Å². The number of hydrogen-bond donors (Lipinski definition) is 0. The summed E-state index contributed by atoms with van der Waals surface area (Å²) in [6, 6.07) is 10.2. The molecule has 1 aromatic heterocycles. The quantitative estimate of drug-likeness (QED) is 0.635. The molecule has 0 atom stereocenters. The lowest BCUT2D eigenvalue weighted by Gasteiger charge is -2.01. The number of aryl methyl sites for hydroxylation is 1. The number of rotatable bonds is 3. The lowest BCUT2D eigenvalue weighted by molar-refractivity contribution is 0.932. The van der Waals surface area contributed by atoms with Gasteiger partial charge in [0.25, 0.3) is 0 Å². The molecule has 2 aromatic rings. The predicted molar refractivity (Wildman–Crippen MR) is 70.5 cm³/mol. The Morgan fingerprint density at radius 3 is 2.62 bits per heavy atom. The third-order valence-electron chi connectivity index (χ3n) is 2.05. The molecule has 0 aliphatic heterocycles. The van der Waals surface area contributed by atoms with Crippen LogP contribution in [0, 0.1) is 6.92 Å². The zero-order valence-corrected chi connectivity index (χ0v) is 11.3. The van der Waals surface area contributed by atoms with Crippen molar-refractivity contribution in [3.05, 3.63) is 52.3 Å². The van der Waals surface area contributed by atoms with Crippen molar-refractivity contribution < 1.29 is 0 Å². The molecular weight excluding hydrogens is 284 g/mol. The first-order chi connectivity index (χ1) is 7.74. The van der Waals surface area contributed by atoms with Crippen molar-refractivity contribution in [3.8, 4) is 0 Å². The maximum atomic E-state index is 4.35. The zero-order chi connectivity index (χ0) is 11.4. The van der Waals surface area contributed by atoms with Gasteiger partial charge in [-0.15, -0.1) is 0 Å². The molecule has 1 aromatic carbocycles. The maximum Gasteiger partial charge on any atom is 0.188 e. The summed E-state index contributed by atoms with van der Waals surface area (Å²) in [6.45, 7) is 1.98. The van der Waals surface area contributed by atoms with Gasteiger partial charge in [0.15, 0.2) is 5.16 Å². The molecular formula is C12H11BrN2S. The smallest absolute Gasteiger partial charge is 0.188 e. The number of halogens is 1. The molecule has 0 aliphatic rings. The van der Waals surface area contributed by atoms with Crippen LogP contribution < -0.4 is 0 Å². The van der Waals surface area contributed by atoms with Crippen LogP contribution in [0.4, 0.5) is 0 Å². The molecule has 0 saturated carbocycles. The van der Waals surface area contributed by atoms with E-state index in [1.54, 1.807) is 18.0 Å². The Kier molecular flexibility index (Phi) is 3.96. The van der Waals surface area contributed by atoms with Crippen molar-refractivity contribution in [2.75, 3.05) is 0 Å². The van der Waals surface area contributed by atoms with Crippen LogP contribution >= 0.6 is 27.7 Å². The fourth-order valence-electron chi connectivity index (χ4n) is 1.22. The molecule has 0 aliphatic carbocycles. The minimum Gasteiger partial charge on any atom is -0.231 e. The third kappa shape index (κ3) is 3.32. The minimum atomic E-state index is 0.836. The fourth-order valence-corrected chi connectivity index (χ4v) is 2.32. The van der Waals surface area contributed by atoms with Crippen LogP contribution in [0.25, 0.3) is 0 Å². The molecule has 2 rings (SSSR count). The van der Waals surface area contributed by atoms with E-state index in [0.717, 1.165) is 21.1 Å². The van der Waals surface area contributed by atoms with Gasteiger partial charge in [-0.2, -0.15) is 0 Å². The third-order valence-corrected chi connectivity index (χ3v) is 3.52. The van der Waals surface area contributed by atoms with Crippen LogP contribution in [0.5, 0.6) is 0 Å². The van der Waals surface area contributed by atoms with E-state index < -0.39 is 0 Å². The molecule has 0 amide bonds. The van der Waals surface area contributed by atoms with Gasteiger partial charge in [-0.3, -0.25) is 0 Å². The second-order valence-corrected chi connectivity index (χ2v) is 5.25. The molecule has 82 valence electrons. The van der Waals surface area contributed by atoms with E-state index in [2.05, 4.69) is 38.0 Å². The highest BCUT2D eigenvalue weighted by Crippen LogP contribution is 2.20. The number of aromatic nitrogens is 2. The fraction of sp³-hybridized carbons (Fsp3) is 0.167. The Morgan fingerprint density at radius 1 is 1.19 bits per heavy atom. The van der Waals surface area contributed by atoms with Gasteiger partial charge in [0.1, 0.15) is 0 Å². The van der Waals surface area contributed by atoms with Gasteiger partial charge in [0.2, 0.25) is 0 Å². The Bertz CT molecular complexity index is 471. The highest BCUT2D eigenvalue weighted by Gasteiger charge is 1.99. The van der Waals surface area contributed by atoms with E-state index in [4.69, 9.17) is 0 Å². The van der Waals surface area contributed by atoms with Crippen molar-refractivity contribution in [1.29, 1.82) is 0 Å².